The summed E-state index contributed by atoms with van der Waals surface area (Å²) in [6.07, 6.45) is 2.82. The number of hydrogen-bond acceptors (Lipinski definition) is 4. The molecule has 1 aromatic rings. The zero-order valence-electron chi connectivity index (χ0n) is 8.12. The average Bonchev–Trinajstić information content (AvgIpc) is 2.67. The smallest absolute Gasteiger partial charge is 0.314 e. The van der Waals surface area contributed by atoms with Crippen molar-refractivity contribution in [3.63, 3.8) is 0 Å². The van der Waals surface area contributed by atoms with Gasteiger partial charge in [0.1, 0.15) is 0 Å². The molecule has 0 radical (unpaired) electrons. The van der Waals surface area contributed by atoms with Crippen molar-refractivity contribution in [2.24, 2.45) is 0 Å². The van der Waals surface area contributed by atoms with Gasteiger partial charge in [-0.05, 0) is 6.42 Å². The van der Waals surface area contributed by atoms with Gasteiger partial charge in [-0.25, -0.2) is 4.79 Å². The molecule has 1 aromatic heterocycles. The van der Waals surface area contributed by atoms with Crippen molar-refractivity contribution in [2.75, 3.05) is 13.1 Å². The number of carbonyl (C=O) groups is 1. The van der Waals surface area contributed by atoms with E-state index < -0.39 is 0 Å². The number of nitrogens with zero attached hydrogens (tertiary/aromatic N) is 2. The fourth-order valence-electron chi connectivity index (χ4n) is 0.890. The number of amides is 2. The van der Waals surface area contributed by atoms with E-state index in [0.29, 0.717) is 25.4 Å². The first kappa shape index (κ1) is 10.5. The molecule has 0 atom stereocenters. The van der Waals surface area contributed by atoms with Crippen LogP contribution in [-0.4, -0.2) is 29.3 Å². The Morgan fingerprint density at radius 1 is 1.50 bits per heavy atom. The van der Waals surface area contributed by atoms with Crippen LogP contribution in [0.15, 0.2) is 10.9 Å². The van der Waals surface area contributed by atoms with E-state index in [4.69, 9.17) is 4.52 Å². The molecule has 0 saturated heterocycles. The molecule has 0 spiro atoms. The zero-order chi connectivity index (χ0) is 10.2. The minimum absolute atomic E-state index is 0.161. The number of aromatic nitrogens is 2. The van der Waals surface area contributed by atoms with Crippen LogP contribution in [0.1, 0.15) is 19.2 Å². The van der Waals surface area contributed by atoms with E-state index in [9.17, 15) is 4.79 Å². The maximum Gasteiger partial charge on any atom is 0.314 e. The van der Waals surface area contributed by atoms with Crippen LogP contribution < -0.4 is 10.6 Å². The van der Waals surface area contributed by atoms with Gasteiger partial charge in [0.25, 0.3) is 0 Å². The quantitative estimate of drug-likeness (QED) is 0.714. The summed E-state index contributed by atoms with van der Waals surface area (Å²) in [6, 6.07) is -0.161. The van der Waals surface area contributed by atoms with Gasteiger partial charge in [0, 0.05) is 19.5 Å². The largest absolute Gasteiger partial charge is 0.340 e. The fraction of sp³-hybridized carbons (Fsp3) is 0.625. The monoisotopic (exact) mass is 198 g/mol. The number of rotatable bonds is 5. The van der Waals surface area contributed by atoms with E-state index in [0.717, 1.165) is 6.42 Å². The summed E-state index contributed by atoms with van der Waals surface area (Å²) in [6.45, 7) is 3.18. The lowest BCUT2D eigenvalue weighted by atomic mass is 10.4. The van der Waals surface area contributed by atoms with Crippen LogP contribution in [0.25, 0.3) is 0 Å². The zero-order valence-corrected chi connectivity index (χ0v) is 8.12. The molecule has 1 heterocycles. The lowest BCUT2D eigenvalue weighted by Gasteiger charge is -2.04. The molecule has 0 aromatic carbocycles. The maximum absolute atomic E-state index is 11.0. The number of hydrogen-bond donors (Lipinski definition) is 2. The number of carbonyl (C=O) groups excluding carboxylic acids is 1. The van der Waals surface area contributed by atoms with Crippen molar-refractivity contribution >= 4 is 6.03 Å². The molecule has 14 heavy (non-hydrogen) atoms. The molecule has 6 nitrogen and oxygen atoms in total. The van der Waals surface area contributed by atoms with Gasteiger partial charge >= 0.3 is 6.03 Å². The van der Waals surface area contributed by atoms with Gasteiger partial charge in [0.05, 0.1) is 0 Å². The fourth-order valence-corrected chi connectivity index (χ4v) is 0.890. The standard InChI is InChI=1S/C8H14N4O2/c1-2-4-9-8(13)10-5-3-7-11-6-12-14-7/h6H,2-5H2,1H3,(H2,9,10,13). The third kappa shape index (κ3) is 3.88. The normalized spacial score (nSPS) is 9.79. The first-order chi connectivity index (χ1) is 6.83. The van der Waals surface area contributed by atoms with E-state index in [1.54, 1.807) is 0 Å². The summed E-state index contributed by atoms with van der Waals surface area (Å²) in [5.74, 6) is 0.529. The molecule has 0 unspecified atom stereocenters. The number of urea groups is 1. The highest BCUT2D eigenvalue weighted by molar-refractivity contribution is 5.73. The van der Waals surface area contributed by atoms with E-state index in [-0.39, 0.29) is 6.03 Å². The van der Waals surface area contributed by atoms with Crippen molar-refractivity contribution in [1.82, 2.24) is 20.8 Å². The van der Waals surface area contributed by atoms with Gasteiger partial charge in [-0.15, -0.1) is 0 Å². The van der Waals surface area contributed by atoms with Crippen LogP contribution in [0.3, 0.4) is 0 Å². The summed E-state index contributed by atoms with van der Waals surface area (Å²) >= 11 is 0. The van der Waals surface area contributed by atoms with Gasteiger partial charge < -0.3 is 15.2 Å². The summed E-state index contributed by atoms with van der Waals surface area (Å²) in [5.41, 5.74) is 0. The predicted octanol–water partition coefficient (Wildman–Crippen LogP) is 0.321. The lowest BCUT2D eigenvalue weighted by Crippen LogP contribution is -2.36. The average molecular weight is 198 g/mol. The van der Waals surface area contributed by atoms with Crippen molar-refractivity contribution < 1.29 is 9.32 Å². The van der Waals surface area contributed by atoms with Crippen LogP contribution in [0, 0.1) is 0 Å². The SMILES string of the molecule is CCCNC(=O)NCCc1ncno1. The Labute approximate surface area is 82.1 Å². The van der Waals surface area contributed by atoms with Gasteiger partial charge in [-0.1, -0.05) is 12.1 Å². The molecular weight excluding hydrogens is 184 g/mol. The third-order valence-corrected chi connectivity index (χ3v) is 1.57. The summed E-state index contributed by atoms with van der Waals surface area (Å²) < 4.78 is 4.76. The second-order valence-corrected chi connectivity index (χ2v) is 2.77. The first-order valence-electron chi connectivity index (χ1n) is 4.60. The van der Waals surface area contributed by atoms with E-state index in [2.05, 4.69) is 20.8 Å². The Hall–Kier alpha value is -1.59. The Balaban J connectivity index is 2.06. The van der Waals surface area contributed by atoms with Crippen molar-refractivity contribution in [3.05, 3.63) is 12.2 Å². The van der Waals surface area contributed by atoms with Gasteiger partial charge in [0.15, 0.2) is 6.33 Å². The van der Waals surface area contributed by atoms with Crippen molar-refractivity contribution in [1.29, 1.82) is 0 Å². The molecule has 0 bridgehead atoms. The Morgan fingerprint density at radius 2 is 2.29 bits per heavy atom. The highest BCUT2D eigenvalue weighted by Crippen LogP contribution is 1.89. The second kappa shape index (κ2) is 5.95. The van der Waals surface area contributed by atoms with Crippen LogP contribution >= 0.6 is 0 Å². The molecular formula is C8H14N4O2. The second-order valence-electron chi connectivity index (χ2n) is 2.77. The van der Waals surface area contributed by atoms with Crippen LogP contribution in [0.2, 0.25) is 0 Å². The number of nitrogens with one attached hydrogen (secondary N) is 2. The molecule has 1 rings (SSSR count). The van der Waals surface area contributed by atoms with E-state index in [1.807, 2.05) is 6.92 Å². The molecule has 0 fully saturated rings. The highest BCUT2D eigenvalue weighted by Gasteiger charge is 2.01. The topological polar surface area (TPSA) is 80.0 Å². The van der Waals surface area contributed by atoms with Gasteiger partial charge in [-0.3, -0.25) is 0 Å². The minimum atomic E-state index is -0.161. The molecule has 2 amide bonds. The molecule has 0 aliphatic rings. The molecule has 78 valence electrons. The maximum atomic E-state index is 11.0. The Kier molecular flexibility index (Phi) is 4.46. The van der Waals surface area contributed by atoms with E-state index in [1.165, 1.54) is 6.33 Å². The van der Waals surface area contributed by atoms with Gasteiger partial charge in [-0.2, -0.15) is 4.98 Å². The molecule has 0 aliphatic carbocycles. The molecule has 6 heteroatoms. The summed E-state index contributed by atoms with van der Waals surface area (Å²) in [5, 5.41) is 8.83. The van der Waals surface area contributed by atoms with Crippen LogP contribution in [0.4, 0.5) is 4.79 Å². The van der Waals surface area contributed by atoms with Crippen LogP contribution in [-0.2, 0) is 6.42 Å². The first-order valence-corrected chi connectivity index (χ1v) is 4.60. The highest BCUT2D eigenvalue weighted by atomic mass is 16.5. The van der Waals surface area contributed by atoms with Gasteiger partial charge in [0.2, 0.25) is 5.89 Å². The Morgan fingerprint density at radius 3 is 2.93 bits per heavy atom. The Bertz CT molecular complexity index is 260. The van der Waals surface area contributed by atoms with Crippen LogP contribution in [0.5, 0.6) is 0 Å². The minimum Gasteiger partial charge on any atom is -0.340 e. The summed E-state index contributed by atoms with van der Waals surface area (Å²) in [7, 11) is 0. The van der Waals surface area contributed by atoms with E-state index >= 15 is 0 Å². The molecule has 0 aliphatic heterocycles. The summed E-state index contributed by atoms with van der Waals surface area (Å²) in [4.78, 5) is 14.9. The molecule has 2 N–H and O–H groups in total. The van der Waals surface area contributed by atoms with Crippen molar-refractivity contribution in [2.45, 2.75) is 19.8 Å². The van der Waals surface area contributed by atoms with Crippen molar-refractivity contribution in [3.8, 4) is 0 Å². The predicted molar refractivity (Wildman–Crippen MR) is 49.7 cm³/mol. The third-order valence-electron chi connectivity index (χ3n) is 1.57. The lowest BCUT2D eigenvalue weighted by molar-refractivity contribution is 0.240. The molecule has 0 saturated carbocycles.